The molecule has 6 N–H and O–H groups in total. The van der Waals surface area contributed by atoms with Crippen molar-refractivity contribution in [3.05, 3.63) is 94.1 Å². The molecule has 3 aromatic carbocycles. The highest BCUT2D eigenvalue weighted by atomic mass is 79.9. The highest BCUT2D eigenvalue weighted by Gasteiger charge is 2.33. The van der Waals surface area contributed by atoms with E-state index in [9.17, 15) is 28.6 Å². The molecule has 0 radical (unpaired) electrons. The molecular weight excluding hydrogens is 727 g/mol. The topological polar surface area (TPSA) is 202 Å². The van der Waals surface area contributed by atoms with Crippen molar-refractivity contribution in [2.45, 2.75) is 38.3 Å². The van der Waals surface area contributed by atoms with E-state index in [-0.39, 0.29) is 23.9 Å². The van der Waals surface area contributed by atoms with Gasteiger partial charge in [-0.2, -0.15) is 0 Å². The number of nitrogens with zero attached hydrogens (tertiary/aromatic N) is 1. The molecule has 0 aliphatic rings. The number of amides is 3. The van der Waals surface area contributed by atoms with Gasteiger partial charge in [0.25, 0.3) is 0 Å². The van der Waals surface area contributed by atoms with E-state index in [0.717, 1.165) is 16.7 Å². The summed E-state index contributed by atoms with van der Waals surface area (Å²) in [5.74, 6) is -4.52. The summed E-state index contributed by atoms with van der Waals surface area (Å²) in [6.07, 6.45) is -1.26. The molecular formula is C33H33BrClN4O8P. The van der Waals surface area contributed by atoms with E-state index in [4.69, 9.17) is 27.0 Å². The first kappa shape index (κ1) is 36.5. The number of carboxylic acid groups (broad SMARTS) is 1. The van der Waals surface area contributed by atoms with Crippen LogP contribution in [0.15, 0.2) is 87.9 Å². The average Bonchev–Trinajstić information content (AvgIpc) is 3.51. The number of halogens is 2. The lowest BCUT2D eigenvalue weighted by atomic mass is 10.0. The van der Waals surface area contributed by atoms with Crippen LogP contribution in [0.1, 0.15) is 25.5 Å². The largest absolute Gasteiger partial charge is 0.481 e. The molecule has 0 saturated heterocycles. The van der Waals surface area contributed by atoms with Crippen molar-refractivity contribution in [3.63, 3.8) is 0 Å². The van der Waals surface area contributed by atoms with Crippen LogP contribution in [0, 0.1) is 5.92 Å². The van der Waals surface area contributed by atoms with Crippen LogP contribution < -0.4 is 21.7 Å². The fourth-order valence-electron chi connectivity index (χ4n) is 4.85. The number of primary amides is 1. The van der Waals surface area contributed by atoms with Crippen molar-refractivity contribution in [2.24, 2.45) is 11.7 Å². The Bertz CT molecular complexity index is 1830. The predicted octanol–water partition coefficient (Wildman–Crippen LogP) is 4.52. The van der Waals surface area contributed by atoms with Crippen LogP contribution in [0.5, 0.6) is 0 Å². The molecule has 4 aromatic rings. The molecule has 0 spiro atoms. The first-order valence-corrected chi connectivity index (χ1v) is 17.7. The molecule has 1 unspecified atom stereocenters. The first-order valence-electron chi connectivity index (χ1n) is 14.7. The first-order chi connectivity index (χ1) is 22.7. The van der Waals surface area contributed by atoms with Crippen LogP contribution in [0.4, 0.5) is 0 Å². The zero-order valence-corrected chi connectivity index (χ0v) is 28.9. The number of carbonyl (C=O) groups is 4. The second-order valence-corrected chi connectivity index (χ2v) is 14.8. The van der Waals surface area contributed by atoms with Gasteiger partial charge in [-0.25, -0.2) is 0 Å². The molecule has 1 aromatic heterocycles. The summed E-state index contributed by atoms with van der Waals surface area (Å²) in [5.41, 5.74) is 8.40. The monoisotopic (exact) mass is 758 g/mol. The van der Waals surface area contributed by atoms with Gasteiger partial charge in [0.15, 0.2) is 0 Å². The maximum atomic E-state index is 13.6. The number of hydrogen-bond donors (Lipinski definition) is 5. The van der Waals surface area contributed by atoms with Crippen molar-refractivity contribution in [1.82, 2.24) is 15.8 Å². The van der Waals surface area contributed by atoms with E-state index in [1.165, 1.54) is 19.1 Å². The van der Waals surface area contributed by atoms with E-state index >= 15 is 0 Å². The van der Waals surface area contributed by atoms with Crippen LogP contribution in [-0.4, -0.2) is 57.1 Å². The summed E-state index contributed by atoms with van der Waals surface area (Å²) < 4.78 is 19.8. The average molecular weight is 760 g/mol. The van der Waals surface area contributed by atoms with Crippen molar-refractivity contribution in [3.8, 4) is 22.4 Å². The third-order valence-corrected chi connectivity index (χ3v) is 10.3. The second kappa shape index (κ2) is 16.2. The second-order valence-electron chi connectivity index (χ2n) is 11.2. The number of nitrogens with one attached hydrogen (secondary N) is 2. The van der Waals surface area contributed by atoms with Crippen molar-refractivity contribution in [2.75, 3.05) is 6.16 Å². The fourth-order valence-corrected chi connectivity index (χ4v) is 7.03. The Labute approximate surface area is 289 Å². The Balaban J connectivity index is 1.52. The van der Waals surface area contributed by atoms with Crippen molar-refractivity contribution in [1.29, 1.82) is 0 Å². The van der Waals surface area contributed by atoms with Crippen LogP contribution in [0.2, 0.25) is 5.02 Å². The lowest BCUT2D eigenvalue weighted by Crippen LogP contribution is -2.53. The number of carboxylic acids is 1. The van der Waals surface area contributed by atoms with Crippen LogP contribution in [0.3, 0.4) is 0 Å². The molecule has 3 amide bonds. The lowest BCUT2D eigenvalue weighted by Gasteiger charge is -2.23. The third-order valence-electron chi connectivity index (χ3n) is 7.47. The summed E-state index contributed by atoms with van der Waals surface area (Å²) in [6.45, 7) is 1.35. The lowest BCUT2D eigenvalue weighted by molar-refractivity contribution is -0.137. The molecule has 0 aliphatic carbocycles. The Morgan fingerprint density at radius 3 is 2.25 bits per heavy atom. The summed E-state index contributed by atoms with van der Waals surface area (Å²) in [6, 6.07) is 20.3. The Morgan fingerprint density at radius 2 is 1.62 bits per heavy atom. The van der Waals surface area contributed by atoms with Crippen LogP contribution in [-0.2, 0) is 30.2 Å². The van der Waals surface area contributed by atoms with Gasteiger partial charge in [-0.1, -0.05) is 69.1 Å². The van der Waals surface area contributed by atoms with Crippen molar-refractivity contribution >= 4 is 63.9 Å². The maximum absolute atomic E-state index is 13.6. The van der Waals surface area contributed by atoms with Crippen LogP contribution in [0.25, 0.3) is 22.4 Å². The zero-order chi connectivity index (χ0) is 35.0. The van der Waals surface area contributed by atoms with Crippen LogP contribution >= 0.6 is 34.9 Å². The molecule has 48 heavy (non-hydrogen) atoms. The summed E-state index contributed by atoms with van der Waals surface area (Å²) in [5, 5.41) is 18.7. The molecule has 4 rings (SSSR count). The van der Waals surface area contributed by atoms with Gasteiger partial charge in [0, 0.05) is 45.4 Å². The number of hydrogen-bond acceptors (Lipinski definition) is 7. The van der Waals surface area contributed by atoms with E-state index in [0.29, 0.717) is 15.2 Å². The van der Waals surface area contributed by atoms with Gasteiger partial charge in [0.05, 0.1) is 5.92 Å². The number of aliphatic carboxylic acids is 1. The standard InChI is InChI=1S/C33H33BrClN4O8P/c1-19(32(43)38-28(31(36)42)13-14-30(40)41)37-33(44)23(18-48(45,46)27-11-9-24(34)10-12-27)16-26-17-29(39-47-26)21-7-5-20(6-8-21)22-3-2-4-25(35)15-22/h2-12,15,17,19,23,28H,13-14,16,18H2,1H3,(H2,36,42)(H,37,44)(H,38,43)(H,40,41)(H,45,46)/t19-,23+,28-/m0/s1. The number of benzene rings is 3. The highest BCUT2D eigenvalue weighted by Crippen LogP contribution is 2.42. The Kier molecular flexibility index (Phi) is 12.3. The molecule has 0 fully saturated rings. The minimum Gasteiger partial charge on any atom is -0.481 e. The zero-order valence-electron chi connectivity index (χ0n) is 25.6. The Morgan fingerprint density at radius 1 is 0.958 bits per heavy atom. The molecule has 252 valence electrons. The minimum absolute atomic E-state index is 0.128. The van der Waals surface area contributed by atoms with Gasteiger partial charge in [-0.15, -0.1) is 0 Å². The third kappa shape index (κ3) is 10.1. The van der Waals surface area contributed by atoms with Gasteiger partial charge in [0.2, 0.25) is 25.1 Å². The van der Waals surface area contributed by atoms with E-state index in [2.05, 4.69) is 31.7 Å². The number of carbonyl (C=O) groups excluding carboxylic acids is 3. The molecule has 0 aliphatic heterocycles. The molecule has 12 nitrogen and oxygen atoms in total. The van der Waals surface area contributed by atoms with Gasteiger partial charge < -0.3 is 30.9 Å². The summed E-state index contributed by atoms with van der Waals surface area (Å²) >= 11 is 9.42. The Hall–Kier alpha value is -4.29. The van der Waals surface area contributed by atoms with Gasteiger partial charge in [0.1, 0.15) is 23.5 Å². The molecule has 15 heteroatoms. The van der Waals surface area contributed by atoms with Crippen molar-refractivity contribution < 1.29 is 38.3 Å². The van der Waals surface area contributed by atoms with E-state index < -0.39 is 61.6 Å². The van der Waals surface area contributed by atoms with Gasteiger partial charge in [-0.05, 0) is 60.9 Å². The van der Waals surface area contributed by atoms with Gasteiger partial charge in [-0.3, -0.25) is 23.7 Å². The number of nitrogens with two attached hydrogens (primary N) is 1. The SMILES string of the molecule is C[C@H](NC(=O)[C@H](Cc1cc(-c2ccc(-c3cccc(Cl)c3)cc2)no1)CP(=O)(O)c1ccc(Br)cc1)C(=O)N[C@@H](CCC(=O)O)C(N)=O. The molecule has 1 heterocycles. The maximum Gasteiger partial charge on any atom is 0.303 e. The van der Waals surface area contributed by atoms with E-state index in [1.54, 1.807) is 24.3 Å². The van der Waals surface area contributed by atoms with E-state index in [1.807, 2.05) is 42.5 Å². The molecule has 4 atom stereocenters. The highest BCUT2D eigenvalue weighted by molar-refractivity contribution is 9.10. The molecule has 0 saturated carbocycles. The normalized spacial score (nSPS) is 14.2. The molecule has 0 bridgehead atoms. The van der Waals surface area contributed by atoms with Gasteiger partial charge >= 0.3 is 5.97 Å². The quantitative estimate of drug-likeness (QED) is 0.108. The number of aromatic nitrogens is 1. The summed E-state index contributed by atoms with van der Waals surface area (Å²) in [7, 11) is -4.09. The fraction of sp³-hybridized carbons (Fsp3) is 0.242. The summed E-state index contributed by atoms with van der Waals surface area (Å²) in [4.78, 5) is 60.1. The minimum atomic E-state index is -4.09. The smallest absolute Gasteiger partial charge is 0.303 e. The number of rotatable bonds is 15. The predicted molar refractivity (Wildman–Crippen MR) is 184 cm³/mol.